The van der Waals surface area contributed by atoms with E-state index >= 15 is 0 Å². The highest BCUT2D eigenvalue weighted by atomic mass is 16.2. The lowest BCUT2D eigenvalue weighted by Gasteiger charge is -2.22. The van der Waals surface area contributed by atoms with Crippen LogP contribution in [0.3, 0.4) is 0 Å². The third-order valence-corrected chi connectivity index (χ3v) is 5.06. The van der Waals surface area contributed by atoms with Crippen LogP contribution in [0.4, 0.5) is 5.82 Å². The van der Waals surface area contributed by atoms with Crippen LogP contribution in [0.5, 0.6) is 0 Å². The lowest BCUT2D eigenvalue weighted by atomic mass is 10.1. The number of hydrogen-bond donors (Lipinski definition) is 1. The van der Waals surface area contributed by atoms with Crippen molar-refractivity contribution in [3.8, 4) is 11.8 Å². The quantitative estimate of drug-likeness (QED) is 0.674. The number of para-hydroxylation sites is 1. The normalized spacial score (nSPS) is 13.3. The number of nitrogens with zero attached hydrogens (tertiary/aromatic N) is 4. The van der Waals surface area contributed by atoms with Gasteiger partial charge in [-0.15, -0.1) is 0 Å². The van der Waals surface area contributed by atoms with Crippen LogP contribution < -0.4 is 5.32 Å². The number of hydrogen-bond acceptors (Lipinski definition) is 4. The number of rotatable bonds is 7. The topological polar surface area (TPSA) is 74.0 Å². The zero-order valence-corrected chi connectivity index (χ0v) is 16.4. The summed E-state index contributed by atoms with van der Waals surface area (Å²) in [5, 5.41) is 16.6. The number of nitrogens with one attached hydrogen (secondary N) is 1. The Morgan fingerprint density at radius 2 is 1.93 bits per heavy atom. The molecule has 4 rings (SSSR count). The summed E-state index contributed by atoms with van der Waals surface area (Å²) in [7, 11) is 0. The Morgan fingerprint density at radius 1 is 1.21 bits per heavy atom. The van der Waals surface area contributed by atoms with E-state index in [4.69, 9.17) is 0 Å². The van der Waals surface area contributed by atoms with Crippen molar-refractivity contribution in [1.29, 1.82) is 5.26 Å². The summed E-state index contributed by atoms with van der Waals surface area (Å²) < 4.78 is 1.60. The van der Waals surface area contributed by atoms with Crippen molar-refractivity contribution in [3.05, 3.63) is 77.5 Å². The molecule has 29 heavy (non-hydrogen) atoms. The molecule has 1 saturated carbocycles. The van der Waals surface area contributed by atoms with Crippen LogP contribution >= 0.6 is 0 Å². The maximum Gasteiger partial charge on any atom is 0.239 e. The summed E-state index contributed by atoms with van der Waals surface area (Å²) >= 11 is 0. The average Bonchev–Trinajstić information content (AvgIpc) is 3.51. The van der Waals surface area contributed by atoms with E-state index in [-0.39, 0.29) is 12.5 Å². The third kappa shape index (κ3) is 4.53. The zero-order chi connectivity index (χ0) is 20.2. The Kier molecular flexibility index (Phi) is 5.41. The minimum Gasteiger partial charge on any atom is -0.308 e. The Bertz CT molecular complexity index is 1030. The van der Waals surface area contributed by atoms with Gasteiger partial charge in [0.05, 0.1) is 18.4 Å². The average molecular weight is 385 g/mol. The molecule has 1 amide bonds. The number of benzene rings is 2. The van der Waals surface area contributed by atoms with Crippen LogP contribution in [0.25, 0.3) is 5.69 Å². The smallest absolute Gasteiger partial charge is 0.239 e. The molecule has 6 heteroatoms. The number of amides is 1. The van der Waals surface area contributed by atoms with Crippen molar-refractivity contribution in [2.45, 2.75) is 32.4 Å². The fourth-order valence-corrected chi connectivity index (χ4v) is 3.35. The summed E-state index contributed by atoms with van der Waals surface area (Å²) in [6.07, 6.45) is 3.71. The van der Waals surface area contributed by atoms with Crippen LogP contribution in [0, 0.1) is 18.3 Å². The van der Waals surface area contributed by atoms with E-state index in [1.807, 2.05) is 30.3 Å². The number of carbonyl (C=O) groups is 1. The molecule has 0 bridgehead atoms. The standard InChI is InChI=1S/C23H23N5O/c1-17-7-9-18(10-8-17)15-27(20-11-12-20)16-22(29)26-23-19(13-24)14-25-28(23)21-5-3-2-4-6-21/h2-10,14,20H,11-12,15-16H2,1H3,(H,26,29). The molecule has 0 aliphatic heterocycles. The summed E-state index contributed by atoms with van der Waals surface area (Å²) in [6, 6.07) is 20.4. The van der Waals surface area contributed by atoms with Gasteiger partial charge in [-0.25, -0.2) is 4.68 Å². The Balaban J connectivity index is 1.49. The lowest BCUT2D eigenvalue weighted by molar-refractivity contribution is -0.117. The van der Waals surface area contributed by atoms with Crippen molar-refractivity contribution < 1.29 is 4.79 Å². The zero-order valence-electron chi connectivity index (χ0n) is 16.4. The molecule has 0 saturated heterocycles. The Hall–Kier alpha value is -3.43. The first kappa shape index (κ1) is 18.9. The van der Waals surface area contributed by atoms with E-state index in [9.17, 15) is 10.1 Å². The predicted octanol–water partition coefficient (Wildman–Crippen LogP) is 3.66. The monoisotopic (exact) mass is 385 g/mol. The van der Waals surface area contributed by atoms with Crippen molar-refractivity contribution in [3.63, 3.8) is 0 Å². The summed E-state index contributed by atoms with van der Waals surface area (Å²) in [6.45, 7) is 3.09. The molecule has 1 aliphatic carbocycles. The van der Waals surface area contributed by atoms with E-state index in [2.05, 4.69) is 52.6 Å². The molecule has 0 unspecified atom stereocenters. The molecule has 1 heterocycles. The number of aromatic nitrogens is 2. The van der Waals surface area contributed by atoms with Gasteiger partial charge in [0.25, 0.3) is 0 Å². The molecule has 6 nitrogen and oxygen atoms in total. The number of aryl methyl sites for hydroxylation is 1. The highest BCUT2D eigenvalue weighted by Crippen LogP contribution is 2.28. The molecule has 1 aliphatic rings. The second-order valence-corrected chi connectivity index (χ2v) is 7.44. The van der Waals surface area contributed by atoms with E-state index in [0.717, 1.165) is 25.1 Å². The highest BCUT2D eigenvalue weighted by Gasteiger charge is 2.30. The van der Waals surface area contributed by atoms with Crippen LogP contribution in [0.2, 0.25) is 0 Å². The second kappa shape index (κ2) is 8.29. The van der Waals surface area contributed by atoms with Gasteiger partial charge in [-0.2, -0.15) is 10.4 Å². The molecule has 1 fully saturated rings. The fraction of sp³-hybridized carbons (Fsp3) is 0.261. The van der Waals surface area contributed by atoms with Gasteiger partial charge < -0.3 is 5.32 Å². The molecular formula is C23H23N5O. The minimum atomic E-state index is -0.141. The van der Waals surface area contributed by atoms with Gasteiger partial charge in [-0.1, -0.05) is 48.0 Å². The maximum absolute atomic E-state index is 12.8. The van der Waals surface area contributed by atoms with E-state index < -0.39 is 0 Å². The van der Waals surface area contributed by atoms with Gasteiger partial charge in [0.15, 0.2) is 5.82 Å². The Labute approximate surface area is 170 Å². The van der Waals surface area contributed by atoms with E-state index in [1.165, 1.54) is 17.3 Å². The molecule has 1 N–H and O–H groups in total. The van der Waals surface area contributed by atoms with Gasteiger partial charge in [-0.05, 0) is 37.5 Å². The molecule has 0 radical (unpaired) electrons. The summed E-state index contributed by atoms with van der Waals surface area (Å²) in [5.41, 5.74) is 3.56. The molecular weight excluding hydrogens is 362 g/mol. The molecule has 2 aromatic carbocycles. The van der Waals surface area contributed by atoms with Gasteiger partial charge in [0.1, 0.15) is 11.6 Å². The first-order valence-electron chi connectivity index (χ1n) is 9.77. The van der Waals surface area contributed by atoms with Crippen molar-refractivity contribution in [1.82, 2.24) is 14.7 Å². The van der Waals surface area contributed by atoms with Crippen LogP contribution in [-0.4, -0.2) is 33.2 Å². The van der Waals surface area contributed by atoms with Crippen molar-refractivity contribution >= 4 is 11.7 Å². The van der Waals surface area contributed by atoms with Crippen LogP contribution in [0.1, 0.15) is 29.5 Å². The van der Waals surface area contributed by atoms with Crippen LogP contribution in [-0.2, 0) is 11.3 Å². The lowest BCUT2D eigenvalue weighted by Crippen LogP contribution is -2.35. The first-order chi connectivity index (χ1) is 14.1. The van der Waals surface area contributed by atoms with Gasteiger partial charge in [-0.3, -0.25) is 9.69 Å². The van der Waals surface area contributed by atoms with Crippen LogP contribution in [0.15, 0.2) is 60.8 Å². The second-order valence-electron chi connectivity index (χ2n) is 7.44. The predicted molar refractivity (Wildman–Crippen MR) is 112 cm³/mol. The van der Waals surface area contributed by atoms with Gasteiger partial charge in [0.2, 0.25) is 5.91 Å². The van der Waals surface area contributed by atoms with E-state index in [1.54, 1.807) is 4.68 Å². The van der Waals surface area contributed by atoms with Gasteiger partial charge in [0, 0.05) is 12.6 Å². The fourth-order valence-electron chi connectivity index (χ4n) is 3.35. The third-order valence-electron chi connectivity index (χ3n) is 5.06. The SMILES string of the molecule is Cc1ccc(CN(CC(=O)Nc2c(C#N)cnn2-c2ccccc2)C2CC2)cc1. The largest absolute Gasteiger partial charge is 0.308 e. The minimum absolute atomic E-state index is 0.141. The maximum atomic E-state index is 12.8. The number of carbonyl (C=O) groups excluding carboxylic acids is 1. The summed E-state index contributed by atoms with van der Waals surface area (Å²) in [4.78, 5) is 15.0. The van der Waals surface area contributed by atoms with E-state index in [0.29, 0.717) is 17.4 Å². The van der Waals surface area contributed by atoms with Crippen molar-refractivity contribution in [2.75, 3.05) is 11.9 Å². The molecule has 0 atom stereocenters. The molecule has 146 valence electrons. The Morgan fingerprint density at radius 3 is 2.59 bits per heavy atom. The number of nitriles is 1. The summed E-state index contributed by atoms with van der Waals surface area (Å²) in [5.74, 6) is 0.271. The molecule has 0 spiro atoms. The van der Waals surface area contributed by atoms with Crippen molar-refractivity contribution in [2.24, 2.45) is 0 Å². The number of anilines is 1. The first-order valence-corrected chi connectivity index (χ1v) is 9.77. The molecule has 1 aromatic heterocycles. The molecule has 3 aromatic rings. The van der Waals surface area contributed by atoms with Gasteiger partial charge >= 0.3 is 0 Å². The highest BCUT2D eigenvalue weighted by molar-refractivity contribution is 5.93.